The Morgan fingerprint density at radius 3 is 2.58 bits per heavy atom. The molecule has 0 bridgehead atoms. The van der Waals surface area contributed by atoms with Gasteiger partial charge >= 0.3 is 0 Å². The largest absolute Gasteiger partial charge is 0.312 e. The summed E-state index contributed by atoms with van der Waals surface area (Å²) in [4.78, 5) is 4.36. The maximum absolute atomic E-state index is 14.1. The molecule has 1 N–H and O–H groups in total. The van der Waals surface area contributed by atoms with Gasteiger partial charge < -0.3 is 5.32 Å². The lowest BCUT2D eigenvalue weighted by atomic mass is 9.91. The molecule has 2 unspecified atom stereocenters. The molecular formula is C16H19FN2. The standard InChI is InChI=1S/C16H19FN2/c1-11-7-8-13(14(17)10-11)16(18-3)12(2)15-6-4-5-9-19-15/h4-10,12,16,18H,1-3H3. The summed E-state index contributed by atoms with van der Waals surface area (Å²) >= 11 is 0. The summed E-state index contributed by atoms with van der Waals surface area (Å²) < 4.78 is 14.1. The highest BCUT2D eigenvalue weighted by molar-refractivity contribution is 5.29. The van der Waals surface area contributed by atoms with E-state index in [9.17, 15) is 4.39 Å². The van der Waals surface area contributed by atoms with Gasteiger partial charge in [-0.25, -0.2) is 4.39 Å². The molecule has 3 heteroatoms. The molecule has 0 saturated heterocycles. The Kier molecular flexibility index (Phi) is 4.27. The third-order valence-corrected chi connectivity index (χ3v) is 3.46. The summed E-state index contributed by atoms with van der Waals surface area (Å²) in [5, 5.41) is 3.20. The van der Waals surface area contributed by atoms with Crippen LogP contribution in [0.4, 0.5) is 4.39 Å². The van der Waals surface area contributed by atoms with Gasteiger partial charge in [0, 0.05) is 29.4 Å². The van der Waals surface area contributed by atoms with Crippen molar-refractivity contribution in [3.05, 3.63) is 65.2 Å². The van der Waals surface area contributed by atoms with Gasteiger partial charge in [0.15, 0.2) is 0 Å². The Morgan fingerprint density at radius 2 is 2.00 bits per heavy atom. The highest BCUT2D eigenvalue weighted by atomic mass is 19.1. The molecule has 0 aliphatic carbocycles. The van der Waals surface area contributed by atoms with Crippen LogP contribution in [-0.4, -0.2) is 12.0 Å². The predicted octanol–water partition coefficient (Wildman–Crippen LogP) is 3.59. The summed E-state index contributed by atoms with van der Waals surface area (Å²) in [6.45, 7) is 3.95. The minimum atomic E-state index is -0.165. The van der Waals surface area contributed by atoms with E-state index < -0.39 is 0 Å². The summed E-state index contributed by atoms with van der Waals surface area (Å²) in [6, 6.07) is 11.1. The number of likely N-dealkylation sites (N-methyl/N-ethyl adjacent to an activating group) is 1. The minimum Gasteiger partial charge on any atom is -0.312 e. The fourth-order valence-corrected chi connectivity index (χ4v) is 2.38. The average molecular weight is 258 g/mol. The van der Waals surface area contributed by atoms with Crippen LogP contribution in [-0.2, 0) is 0 Å². The van der Waals surface area contributed by atoms with Crippen LogP contribution in [0.15, 0.2) is 42.6 Å². The van der Waals surface area contributed by atoms with Gasteiger partial charge in [0.1, 0.15) is 5.82 Å². The van der Waals surface area contributed by atoms with Crippen molar-refractivity contribution in [2.75, 3.05) is 7.05 Å². The van der Waals surface area contributed by atoms with Crippen molar-refractivity contribution in [1.82, 2.24) is 10.3 Å². The predicted molar refractivity (Wildman–Crippen MR) is 75.6 cm³/mol. The fraction of sp³-hybridized carbons (Fsp3) is 0.312. The van der Waals surface area contributed by atoms with Gasteiger partial charge in [-0.2, -0.15) is 0 Å². The number of nitrogens with one attached hydrogen (secondary N) is 1. The zero-order valence-electron chi connectivity index (χ0n) is 11.5. The van der Waals surface area contributed by atoms with Crippen LogP contribution < -0.4 is 5.32 Å². The first kappa shape index (κ1) is 13.7. The minimum absolute atomic E-state index is 0.0875. The molecule has 0 fully saturated rings. The fourth-order valence-electron chi connectivity index (χ4n) is 2.38. The van der Waals surface area contributed by atoms with Crippen LogP contribution in [0.2, 0.25) is 0 Å². The van der Waals surface area contributed by atoms with E-state index in [0.29, 0.717) is 5.56 Å². The second-order valence-electron chi connectivity index (χ2n) is 4.83. The number of aromatic nitrogens is 1. The van der Waals surface area contributed by atoms with Crippen molar-refractivity contribution in [3.63, 3.8) is 0 Å². The number of pyridine rings is 1. The zero-order chi connectivity index (χ0) is 13.8. The van der Waals surface area contributed by atoms with Gasteiger partial charge in [-0.1, -0.05) is 25.1 Å². The number of rotatable bonds is 4. The first-order chi connectivity index (χ1) is 9.13. The van der Waals surface area contributed by atoms with Gasteiger partial charge in [0.05, 0.1) is 0 Å². The summed E-state index contributed by atoms with van der Waals surface area (Å²) in [6.07, 6.45) is 1.77. The van der Waals surface area contributed by atoms with Gasteiger partial charge in [-0.05, 0) is 37.7 Å². The molecule has 0 aliphatic heterocycles. The van der Waals surface area contributed by atoms with E-state index in [1.807, 2.05) is 44.3 Å². The van der Waals surface area contributed by atoms with Crippen LogP contribution in [0.1, 0.15) is 35.7 Å². The molecule has 0 spiro atoms. The monoisotopic (exact) mass is 258 g/mol. The molecule has 19 heavy (non-hydrogen) atoms. The SMILES string of the molecule is CNC(c1ccc(C)cc1F)C(C)c1ccccn1. The summed E-state index contributed by atoms with van der Waals surface area (Å²) in [5.41, 5.74) is 2.58. The highest BCUT2D eigenvalue weighted by Crippen LogP contribution is 2.30. The number of halogens is 1. The van der Waals surface area contributed by atoms with Crippen LogP contribution in [0.3, 0.4) is 0 Å². The molecule has 2 nitrogen and oxygen atoms in total. The van der Waals surface area contributed by atoms with Crippen molar-refractivity contribution in [2.24, 2.45) is 0 Å². The average Bonchev–Trinajstić information content (AvgIpc) is 2.42. The van der Waals surface area contributed by atoms with Gasteiger partial charge in [-0.3, -0.25) is 4.98 Å². The second kappa shape index (κ2) is 5.93. The quantitative estimate of drug-likeness (QED) is 0.906. The third kappa shape index (κ3) is 2.99. The molecule has 1 heterocycles. The molecule has 100 valence electrons. The van der Waals surface area contributed by atoms with E-state index in [1.54, 1.807) is 12.3 Å². The number of hydrogen-bond acceptors (Lipinski definition) is 2. The summed E-state index contributed by atoms with van der Waals surface area (Å²) in [5.74, 6) is -0.0643. The number of nitrogens with zero attached hydrogens (tertiary/aromatic N) is 1. The molecular weight excluding hydrogens is 239 g/mol. The van der Waals surface area contributed by atoms with Crippen LogP contribution >= 0.6 is 0 Å². The maximum Gasteiger partial charge on any atom is 0.128 e. The Hall–Kier alpha value is -1.74. The second-order valence-corrected chi connectivity index (χ2v) is 4.83. The number of benzene rings is 1. The molecule has 0 aliphatic rings. The van der Waals surface area contributed by atoms with E-state index in [-0.39, 0.29) is 17.8 Å². The maximum atomic E-state index is 14.1. The van der Waals surface area contributed by atoms with E-state index in [4.69, 9.17) is 0 Å². The third-order valence-electron chi connectivity index (χ3n) is 3.46. The Bertz CT molecular complexity index is 540. The van der Waals surface area contributed by atoms with Crippen molar-refractivity contribution in [2.45, 2.75) is 25.8 Å². The van der Waals surface area contributed by atoms with E-state index in [1.165, 1.54) is 0 Å². The van der Waals surface area contributed by atoms with Gasteiger partial charge in [0.25, 0.3) is 0 Å². The molecule has 2 aromatic rings. The van der Waals surface area contributed by atoms with Crippen LogP contribution in [0, 0.1) is 12.7 Å². The Morgan fingerprint density at radius 1 is 1.21 bits per heavy atom. The first-order valence-electron chi connectivity index (χ1n) is 6.47. The molecule has 1 aromatic heterocycles. The molecule has 2 rings (SSSR count). The van der Waals surface area contributed by atoms with E-state index in [2.05, 4.69) is 17.2 Å². The number of aryl methyl sites for hydroxylation is 1. The smallest absolute Gasteiger partial charge is 0.128 e. The number of hydrogen-bond donors (Lipinski definition) is 1. The Balaban J connectivity index is 2.34. The highest BCUT2D eigenvalue weighted by Gasteiger charge is 2.22. The van der Waals surface area contributed by atoms with E-state index >= 15 is 0 Å². The van der Waals surface area contributed by atoms with Crippen molar-refractivity contribution in [3.8, 4) is 0 Å². The lowest BCUT2D eigenvalue weighted by Crippen LogP contribution is -2.24. The van der Waals surface area contributed by atoms with Crippen LogP contribution in [0.5, 0.6) is 0 Å². The zero-order valence-corrected chi connectivity index (χ0v) is 11.5. The van der Waals surface area contributed by atoms with Gasteiger partial charge in [-0.15, -0.1) is 0 Å². The molecule has 0 radical (unpaired) electrons. The molecule has 1 aromatic carbocycles. The molecule has 0 saturated carbocycles. The van der Waals surface area contributed by atoms with E-state index in [0.717, 1.165) is 11.3 Å². The lowest BCUT2D eigenvalue weighted by molar-refractivity contribution is 0.471. The van der Waals surface area contributed by atoms with Crippen molar-refractivity contribution in [1.29, 1.82) is 0 Å². The molecule has 0 amide bonds. The first-order valence-corrected chi connectivity index (χ1v) is 6.47. The Labute approximate surface area is 113 Å². The van der Waals surface area contributed by atoms with Crippen molar-refractivity contribution < 1.29 is 4.39 Å². The van der Waals surface area contributed by atoms with Crippen LogP contribution in [0.25, 0.3) is 0 Å². The van der Waals surface area contributed by atoms with Gasteiger partial charge in [0.2, 0.25) is 0 Å². The topological polar surface area (TPSA) is 24.9 Å². The lowest BCUT2D eigenvalue weighted by Gasteiger charge is -2.24. The normalized spacial score (nSPS) is 14.1. The molecule has 2 atom stereocenters. The summed E-state index contributed by atoms with van der Waals surface area (Å²) in [7, 11) is 1.85. The van der Waals surface area contributed by atoms with Crippen molar-refractivity contribution >= 4 is 0 Å².